The molecule has 5 heterocycles. The summed E-state index contributed by atoms with van der Waals surface area (Å²) in [6.07, 6.45) is 0. The highest BCUT2D eigenvalue weighted by molar-refractivity contribution is 7.26. The molecule has 266 valence electrons. The molecule has 0 atom stereocenters. The van der Waals surface area contributed by atoms with Crippen LogP contribution < -0.4 is 0 Å². The highest BCUT2D eigenvalue weighted by atomic mass is 32.1. The Bertz CT molecular complexity index is 3480. The number of fused-ring (bicyclic) bond motifs is 9. The van der Waals surface area contributed by atoms with Gasteiger partial charge < -0.3 is 4.42 Å². The molecule has 0 bridgehead atoms. The molecule has 7 nitrogen and oxygen atoms in total. The zero-order valence-corrected chi connectivity index (χ0v) is 31.0. The Balaban J connectivity index is 1.09. The molecule has 0 radical (unpaired) electrons. The van der Waals surface area contributed by atoms with E-state index in [1.165, 1.54) is 20.2 Å². The van der Waals surface area contributed by atoms with E-state index in [0.29, 0.717) is 29.1 Å². The fourth-order valence-corrected chi connectivity index (χ4v) is 9.32. The Morgan fingerprint density at radius 3 is 1.86 bits per heavy atom. The van der Waals surface area contributed by atoms with Crippen molar-refractivity contribution in [3.05, 3.63) is 170 Å². The summed E-state index contributed by atoms with van der Waals surface area (Å²) in [5, 5.41) is 6.47. The first-order valence-electron chi connectivity index (χ1n) is 18.8. The second-order valence-electron chi connectivity index (χ2n) is 14.1. The van der Waals surface area contributed by atoms with Gasteiger partial charge in [-0.15, -0.1) is 11.3 Å². The van der Waals surface area contributed by atoms with Gasteiger partial charge in [0.25, 0.3) is 0 Å². The summed E-state index contributed by atoms with van der Waals surface area (Å²) >= 11 is 1.79. The summed E-state index contributed by atoms with van der Waals surface area (Å²) in [5.41, 5.74) is 7.92. The lowest BCUT2D eigenvalue weighted by atomic mass is 10.0. The molecule has 0 spiro atoms. The van der Waals surface area contributed by atoms with E-state index in [9.17, 15) is 0 Å². The van der Waals surface area contributed by atoms with Gasteiger partial charge in [-0.25, -0.2) is 9.97 Å². The Hall–Kier alpha value is -7.55. The van der Waals surface area contributed by atoms with Crippen LogP contribution in [0.25, 0.3) is 115 Å². The Kier molecular flexibility index (Phi) is 6.96. The largest absolute Gasteiger partial charge is 0.438 e. The molecule has 0 aliphatic heterocycles. The zero-order valence-electron chi connectivity index (χ0n) is 30.2. The smallest absolute Gasteiger partial charge is 0.238 e. The highest BCUT2D eigenvalue weighted by Gasteiger charge is 2.23. The van der Waals surface area contributed by atoms with Crippen LogP contribution in [-0.2, 0) is 0 Å². The van der Waals surface area contributed by atoms with Crippen LogP contribution in [0.2, 0.25) is 0 Å². The molecule has 12 rings (SSSR count). The monoisotopic (exact) mass is 748 g/mol. The second-order valence-corrected chi connectivity index (χ2v) is 15.1. The van der Waals surface area contributed by atoms with Crippen molar-refractivity contribution in [3.63, 3.8) is 0 Å². The Morgan fingerprint density at radius 1 is 0.439 bits per heavy atom. The van der Waals surface area contributed by atoms with Crippen LogP contribution in [0.3, 0.4) is 0 Å². The maximum atomic E-state index is 6.49. The SMILES string of the molecule is c1ccc(-c2nc(-c3ccccc3)nc(-n3c4ccccc4c4cc(-c5nc(-c6cccc7c6sc6ccccc67)c6c(n5)oc5ccccc56)ccc43)n2)cc1. The molecule has 0 fully saturated rings. The van der Waals surface area contributed by atoms with Crippen LogP contribution in [0.4, 0.5) is 0 Å². The average Bonchev–Trinajstić information content (AvgIpc) is 3.96. The van der Waals surface area contributed by atoms with E-state index in [2.05, 4.69) is 95.6 Å². The first-order valence-corrected chi connectivity index (χ1v) is 19.6. The minimum absolute atomic E-state index is 0.542. The number of aromatic nitrogens is 6. The van der Waals surface area contributed by atoms with Gasteiger partial charge in [-0.2, -0.15) is 15.0 Å². The van der Waals surface area contributed by atoms with Gasteiger partial charge in [0, 0.05) is 58.6 Å². The fraction of sp³-hybridized carbons (Fsp3) is 0. The molecule has 7 aromatic carbocycles. The second kappa shape index (κ2) is 12.5. The van der Waals surface area contributed by atoms with Gasteiger partial charge in [0.1, 0.15) is 5.58 Å². The molecule has 57 heavy (non-hydrogen) atoms. The van der Waals surface area contributed by atoms with Crippen molar-refractivity contribution >= 4 is 75.4 Å². The van der Waals surface area contributed by atoms with Crippen molar-refractivity contribution in [2.24, 2.45) is 0 Å². The third-order valence-electron chi connectivity index (χ3n) is 10.7. The van der Waals surface area contributed by atoms with Crippen LogP contribution in [0.15, 0.2) is 174 Å². The lowest BCUT2D eigenvalue weighted by Gasteiger charge is -2.11. The van der Waals surface area contributed by atoms with Gasteiger partial charge in [-0.3, -0.25) is 4.57 Å². The summed E-state index contributed by atoms with van der Waals surface area (Å²) < 4.78 is 11.1. The first kappa shape index (κ1) is 31.8. The number of hydrogen-bond acceptors (Lipinski definition) is 7. The summed E-state index contributed by atoms with van der Waals surface area (Å²) in [6, 6.07) is 58.1. The van der Waals surface area contributed by atoms with Crippen molar-refractivity contribution in [1.29, 1.82) is 0 Å². The third-order valence-corrected chi connectivity index (χ3v) is 11.9. The highest BCUT2D eigenvalue weighted by Crippen LogP contribution is 2.44. The number of hydrogen-bond donors (Lipinski definition) is 0. The Morgan fingerprint density at radius 2 is 1.07 bits per heavy atom. The van der Waals surface area contributed by atoms with Gasteiger partial charge >= 0.3 is 0 Å². The van der Waals surface area contributed by atoms with Gasteiger partial charge in [-0.1, -0.05) is 133 Å². The number of thiophene rings is 1. The molecule has 0 aliphatic rings. The van der Waals surface area contributed by atoms with E-state index in [1.54, 1.807) is 11.3 Å². The summed E-state index contributed by atoms with van der Waals surface area (Å²) in [7, 11) is 0. The molecular formula is C49H28N6OS. The zero-order chi connectivity index (χ0) is 37.5. The number of furan rings is 1. The van der Waals surface area contributed by atoms with Gasteiger partial charge in [0.15, 0.2) is 17.5 Å². The normalized spacial score (nSPS) is 11.9. The molecule has 0 saturated carbocycles. The standard InChI is InChI=1S/C49H28N6OS/c1-3-14-29(15-4-1)45-51-46(30-16-5-2-6-17-30)54-49(53-45)55-38-23-10-7-18-32(38)37-28-31(26-27-39(37)55)47-50-43(42-35-20-8-11-24-40(35)56-48(42)52-47)36-22-13-21-34-33-19-9-12-25-41(33)57-44(34)36/h1-28H. The quantitative estimate of drug-likeness (QED) is 0.174. The van der Waals surface area contributed by atoms with Gasteiger partial charge in [-0.05, 0) is 36.4 Å². The number of nitrogens with zero attached hydrogens (tertiary/aromatic N) is 6. The molecule has 0 aliphatic carbocycles. The maximum absolute atomic E-state index is 6.49. The topological polar surface area (TPSA) is 82.5 Å². The summed E-state index contributed by atoms with van der Waals surface area (Å²) in [5.74, 6) is 2.35. The Labute approximate surface area is 329 Å². The molecule has 12 aromatic rings. The predicted molar refractivity (Wildman–Crippen MR) is 232 cm³/mol. The van der Waals surface area contributed by atoms with E-state index >= 15 is 0 Å². The number of benzene rings is 7. The van der Waals surface area contributed by atoms with Crippen LogP contribution >= 0.6 is 11.3 Å². The summed E-state index contributed by atoms with van der Waals surface area (Å²) in [6.45, 7) is 0. The van der Waals surface area contributed by atoms with E-state index in [0.717, 1.165) is 66.1 Å². The van der Waals surface area contributed by atoms with Crippen LogP contribution in [-0.4, -0.2) is 29.5 Å². The molecule has 0 unspecified atom stereocenters. The minimum Gasteiger partial charge on any atom is -0.438 e. The van der Waals surface area contributed by atoms with Crippen molar-refractivity contribution in [1.82, 2.24) is 29.5 Å². The fourth-order valence-electron chi connectivity index (χ4n) is 8.11. The van der Waals surface area contributed by atoms with Gasteiger partial charge in [0.05, 0.1) is 22.1 Å². The average molecular weight is 749 g/mol. The van der Waals surface area contributed by atoms with E-state index in [-0.39, 0.29) is 0 Å². The van der Waals surface area contributed by atoms with E-state index in [1.807, 2.05) is 78.9 Å². The number of para-hydroxylation sites is 2. The number of rotatable bonds is 5. The van der Waals surface area contributed by atoms with Crippen molar-refractivity contribution < 1.29 is 4.42 Å². The molecule has 0 amide bonds. The predicted octanol–water partition coefficient (Wildman–Crippen LogP) is 12.7. The third kappa shape index (κ3) is 5.01. The lowest BCUT2D eigenvalue weighted by Crippen LogP contribution is -2.06. The molecule has 0 N–H and O–H groups in total. The molecule has 5 aromatic heterocycles. The van der Waals surface area contributed by atoms with Gasteiger partial charge in [0.2, 0.25) is 11.7 Å². The lowest BCUT2D eigenvalue weighted by molar-refractivity contribution is 0.653. The van der Waals surface area contributed by atoms with Crippen LogP contribution in [0, 0.1) is 0 Å². The van der Waals surface area contributed by atoms with E-state index < -0.39 is 0 Å². The summed E-state index contributed by atoms with van der Waals surface area (Å²) in [4.78, 5) is 25.7. The van der Waals surface area contributed by atoms with Crippen molar-refractivity contribution in [2.45, 2.75) is 0 Å². The van der Waals surface area contributed by atoms with Crippen LogP contribution in [0.5, 0.6) is 0 Å². The molecule has 8 heteroatoms. The maximum Gasteiger partial charge on any atom is 0.238 e. The van der Waals surface area contributed by atoms with Crippen molar-refractivity contribution in [3.8, 4) is 51.4 Å². The van der Waals surface area contributed by atoms with E-state index in [4.69, 9.17) is 29.3 Å². The molecular weight excluding hydrogens is 721 g/mol. The first-order chi connectivity index (χ1) is 28.2. The molecule has 0 saturated heterocycles. The minimum atomic E-state index is 0.542. The van der Waals surface area contributed by atoms with Crippen molar-refractivity contribution in [2.75, 3.05) is 0 Å². The van der Waals surface area contributed by atoms with Crippen LogP contribution in [0.1, 0.15) is 0 Å².